The van der Waals surface area contributed by atoms with Gasteiger partial charge in [0.2, 0.25) is 0 Å². The van der Waals surface area contributed by atoms with Crippen LogP contribution in [0.25, 0.3) is 11.2 Å². The van der Waals surface area contributed by atoms with Gasteiger partial charge in [0.25, 0.3) is 0 Å². The second-order valence-electron chi connectivity index (χ2n) is 4.13. The quantitative estimate of drug-likeness (QED) is 0.715. The molecule has 0 unspecified atom stereocenters. The van der Waals surface area contributed by atoms with Gasteiger partial charge in [-0.2, -0.15) is 0 Å². The summed E-state index contributed by atoms with van der Waals surface area (Å²) in [6.07, 6.45) is 2.49. The lowest BCUT2D eigenvalue weighted by Gasteiger charge is -1.98. The fraction of sp³-hybridized carbons (Fsp3) is 0.0769. The number of H-pyrrole nitrogens is 1. The number of nitrogens with two attached hydrogens (primary N) is 1. The second kappa shape index (κ2) is 4.42. The van der Waals surface area contributed by atoms with Gasteiger partial charge in [-0.05, 0) is 39.7 Å². The molecule has 0 amide bonds. The molecule has 90 valence electrons. The zero-order valence-corrected chi connectivity index (χ0v) is 11.1. The molecular weight excluding hydrogens is 292 g/mol. The molecule has 0 spiro atoms. The third-order valence-electron chi connectivity index (χ3n) is 2.70. The van der Waals surface area contributed by atoms with E-state index in [0.29, 0.717) is 0 Å². The summed E-state index contributed by atoms with van der Waals surface area (Å²) in [6.45, 7) is 0. The summed E-state index contributed by atoms with van der Waals surface area (Å²) in [5.74, 6) is 0.903. The first-order valence-electron chi connectivity index (χ1n) is 5.55. The molecule has 0 atom stereocenters. The highest BCUT2D eigenvalue weighted by Gasteiger charge is 2.05. The number of hydrogen-bond acceptors (Lipinski definition) is 3. The minimum absolute atomic E-state index is 0.739. The molecule has 0 aliphatic carbocycles. The first kappa shape index (κ1) is 11.2. The highest BCUT2D eigenvalue weighted by Crippen LogP contribution is 2.17. The molecule has 18 heavy (non-hydrogen) atoms. The molecule has 2 heterocycles. The van der Waals surface area contributed by atoms with Crippen LogP contribution in [-0.4, -0.2) is 15.0 Å². The predicted octanol–water partition coefficient (Wildman–Crippen LogP) is 2.89. The van der Waals surface area contributed by atoms with Crippen molar-refractivity contribution in [1.29, 1.82) is 0 Å². The van der Waals surface area contributed by atoms with Gasteiger partial charge in [-0.25, -0.2) is 9.97 Å². The number of aromatic amines is 1. The van der Waals surface area contributed by atoms with Crippen LogP contribution in [0.1, 0.15) is 11.4 Å². The number of pyridine rings is 1. The van der Waals surface area contributed by atoms with Gasteiger partial charge in [0.1, 0.15) is 5.82 Å². The number of aromatic nitrogens is 3. The Kier molecular flexibility index (Phi) is 2.76. The molecule has 5 heteroatoms. The summed E-state index contributed by atoms with van der Waals surface area (Å²) in [7, 11) is 0. The zero-order chi connectivity index (χ0) is 12.5. The van der Waals surface area contributed by atoms with Crippen LogP contribution in [0.3, 0.4) is 0 Å². The van der Waals surface area contributed by atoms with Crippen molar-refractivity contribution in [2.45, 2.75) is 6.42 Å². The number of benzene rings is 1. The van der Waals surface area contributed by atoms with E-state index in [4.69, 9.17) is 5.73 Å². The molecule has 4 nitrogen and oxygen atoms in total. The average Bonchev–Trinajstić information content (AvgIpc) is 2.73. The molecule has 0 bridgehead atoms. The van der Waals surface area contributed by atoms with Gasteiger partial charge in [0, 0.05) is 22.8 Å². The molecule has 3 rings (SSSR count). The third-order valence-corrected chi connectivity index (χ3v) is 3.14. The number of anilines is 1. The first-order valence-corrected chi connectivity index (χ1v) is 6.34. The minimum atomic E-state index is 0.739. The lowest BCUT2D eigenvalue weighted by Crippen LogP contribution is -1.91. The summed E-state index contributed by atoms with van der Waals surface area (Å²) >= 11 is 3.39. The molecule has 0 aliphatic heterocycles. The van der Waals surface area contributed by atoms with Crippen molar-refractivity contribution in [3.8, 4) is 0 Å². The number of nitrogens with one attached hydrogen (secondary N) is 1. The van der Waals surface area contributed by atoms with Crippen LogP contribution in [0, 0.1) is 0 Å². The fourth-order valence-electron chi connectivity index (χ4n) is 1.84. The van der Waals surface area contributed by atoms with Crippen LogP contribution >= 0.6 is 15.9 Å². The highest BCUT2D eigenvalue weighted by molar-refractivity contribution is 9.10. The van der Waals surface area contributed by atoms with E-state index < -0.39 is 0 Å². The van der Waals surface area contributed by atoms with Gasteiger partial charge in [0.05, 0.1) is 5.52 Å². The number of hydrogen-bond donors (Lipinski definition) is 2. The van der Waals surface area contributed by atoms with Crippen molar-refractivity contribution < 1.29 is 0 Å². The van der Waals surface area contributed by atoms with E-state index in [2.05, 4.69) is 30.9 Å². The maximum absolute atomic E-state index is 5.66. The molecule has 0 saturated heterocycles. The number of halogens is 1. The Hall–Kier alpha value is -1.88. The summed E-state index contributed by atoms with van der Waals surface area (Å²) in [5.41, 5.74) is 9.28. The number of nitrogens with zero attached hydrogens (tertiary/aromatic N) is 2. The molecule has 0 radical (unpaired) electrons. The first-order chi connectivity index (χ1) is 8.70. The number of nitrogen functional groups attached to an aromatic ring is 1. The standard InChI is InChI=1S/C13H11BrN4/c14-9-6-11-13(16-7-9)18-12(17-11)5-8-1-3-10(15)4-2-8/h1-4,6-7H,5,15H2,(H,16,17,18). The van der Waals surface area contributed by atoms with Crippen molar-refractivity contribution in [2.24, 2.45) is 0 Å². The summed E-state index contributed by atoms with van der Waals surface area (Å²) in [6, 6.07) is 9.78. The van der Waals surface area contributed by atoms with Crippen molar-refractivity contribution in [1.82, 2.24) is 15.0 Å². The van der Waals surface area contributed by atoms with E-state index in [1.165, 1.54) is 5.56 Å². The molecule has 1 aromatic carbocycles. The number of imidazole rings is 1. The van der Waals surface area contributed by atoms with Crippen LogP contribution < -0.4 is 5.73 Å². The van der Waals surface area contributed by atoms with Gasteiger partial charge >= 0.3 is 0 Å². The Balaban J connectivity index is 1.92. The largest absolute Gasteiger partial charge is 0.399 e. The average molecular weight is 303 g/mol. The van der Waals surface area contributed by atoms with Crippen molar-refractivity contribution >= 4 is 32.8 Å². The Morgan fingerprint density at radius 1 is 1.22 bits per heavy atom. The summed E-state index contributed by atoms with van der Waals surface area (Å²) in [4.78, 5) is 12.0. The highest BCUT2D eigenvalue weighted by atomic mass is 79.9. The van der Waals surface area contributed by atoms with E-state index in [9.17, 15) is 0 Å². The van der Waals surface area contributed by atoms with Gasteiger partial charge in [-0.15, -0.1) is 0 Å². The monoisotopic (exact) mass is 302 g/mol. The zero-order valence-electron chi connectivity index (χ0n) is 9.52. The smallest absolute Gasteiger partial charge is 0.177 e. The van der Waals surface area contributed by atoms with E-state index in [1.54, 1.807) is 6.20 Å². The van der Waals surface area contributed by atoms with Crippen molar-refractivity contribution in [3.63, 3.8) is 0 Å². The SMILES string of the molecule is Nc1ccc(Cc2nc3ncc(Br)cc3[nH]2)cc1. The van der Waals surface area contributed by atoms with Gasteiger partial charge < -0.3 is 10.7 Å². The van der Waals surface area contributed by atoms with Crippen LogP contribution in [0.4, 0.5) is 5.69 Å². The van der Waals surface area contributed by atoms with Crippen LogP contribution in [0.2, 0.25) is 0 Å². The van der Waals surface area contributed by atoms with Crippen LogP contribution in [-0.2, 0) is 6.42 Å². The maximum atomic E-state index is 5.66. The van der Waals surface area contributed by atoms with Crippen LogP contribution in [0.15, 0.2) is 41.0 Å². The Bertz CT molecular complexity index is 688. The molecule has 0 saturated carbocycles. The molecule has 0 fully saturated rings. The Morgan fingerprint density at radius 2 is 2.00 bits per heavy atom. The topological polar surface area (TPSA) is 67.6 Å². The maximum Gasteiger partial charge on any atom is 0.177 e. The Labute approximate surface area is 112 Å². The van der Waals surface area contributed by atoms with Gasteiger partial charge in [-0.1, -0.05) is 12.1 Å². The lowest BCUT2D eigenvalue weighted by atomic mass is 10.1. The van der Waals surface area contributed by atoms with Crippen molar-refractivity contribution in [2.75, 3.05) is 5.73 Å². The molecule has 3 aromatic rings. The van der Waals surface area contributed by atoms with E-state index in [0.717, 1.165) is 33.6 Å². The number of rotatable bonds is 2. The molecule has 3 N–H and O–H groups in total. The molecule has 0 aliphatic rings. The normalized spacial score (nSPS) is 10.9. The van der Waals surface area contributed by atoms with E-state index >= 15 is 0 Å². The fourth-order valence-corrected chi connectivity index (χ4v) is 2.17. The summed E-state index contributed by atoms with van der Waals surface area (Å²) in [5, 5.41) is 0. The Morgan fingerprint density at radius 3 is 2.78 bits per heavy atom. The van der Waals surface area contributed by atoms with Gasteiger partial charge in [-0.3, -0.25) is 0 Å². The molecular formula is C13H11BrN4. The summed E-state index contributed by atoms with van der Waals surface area (Å²) < 4.78 is 0.942. The molecule has 2 aromatic heterocycles. The van der Waals surface area contributed by atoms with E-state index in [-0.39, 0.29) is 0 Å². The van der Waals surface area contributed by atoms with Gasteiger partial charge in [0.15, 0.2) is 5.65 Å². The predicted molar refractivity (Wildman–Crippen MR) is 75.2 cm³/mol. The van der Waals surface area contributed by atoms with Crippen LogP contribution in [0.5, 0.6) is 0 Å². The second-order valence-corrected chi connectivity index (χ2v) is 5.04. The number of fused-ring (bicyclic) bond motifs is 1. The third kappa shape index (κ3) is 2.22. The van der Waals surface area contributed by atoms with Crippen molar-refractivity contribution in [3.05, 3.63) is 52.4 Å². The minimum Gasteiger partial charge on any atom is -0.399 e. The van der Waals surface area contributed by atoms with E-state index in [1.807, 2.05) is 30.3 Å². The lowest BCUT2D eigenvalue weighted by molar-refractivity contribution is 1.03.